The first-order valence-corrected chi connectivity index (χ1v) is 9.45. The Morgan fingerprint density at radius 3 is 2.67 bits per heavy atom. The molecule has 7 nitrogen and oxygen atoms in total. The summed E-state index contributed by atoms with van der Waals surface area (Å²) < 4.78 is 27.4. The Hall–Kier alpha value is -1.64. The zero-order valence-electron chi connectivity index (χ0n) is 12.8. The summed E-state index contributed by atoms with van der Waals surface area (Å²) in [5.41, 5.74) is -1.26. The number of aromatic carboxylic acids is 1. The molecule has 0 aliphatic carbocycles. The number of carboxylic acids is 1. The molecule has 3 rings (SSSR count). The molecule has 1 amide bonds. The molecule has 2 fully saturated rings. The quantitative estimate of drug-likeness (QED) is 0.836. The van der Waals surface area contributed by atoms with Crippen molar-refractivity contribution in [3.63, 3.8) is 0 Å². The first-order valence-electron chi connectivity index (χ1n) is 7.63. The molecule has 2 aliphatic rings. The zero-order valence-corrected chi connectivity index (χ0v) is 14.4. The van der Waals surface area contributed by atoms with Crippen LogP contribution in [0.15, 0.2) is 23.1 Å². The third-order valence-corrected chi connectivity index (χ3v) is 7.10. The van der Waals surface area contributed by atoms with Gasteiger partial charge in [0.2, 0.25) is 15.9 Å². The van der Waals surface area contributed by atoms with Crippen molar-refractivity contribution in [2.24, 2.45) is 0 Å². The van der Waals surface area contributed by atoms with Gasteiger partial charge in [-0.3, -0.25) is 4.79 Å². The Labute approximate surface area is 144 Å². The summed E-state index contributed by atoms with van der Waals surface area (Å²) in [6.45, 7) is 0.743. The molecule has 130 valence electrons. The number of carboxylic acid groups (broad SMARTS) is 1. The Morgan fingerprint density at radius 1 is 1.29 bits per heavy atom. The third-order valence-electron chi connectivity index (χ3n) is 4.65. The van der Waals surface area contributed by atoms with E-state index in [0.717, 1.165) is 6.07 Å². The number of hydrogen-bond donors (Lipinski definition) is 2. The first kappa shape index (κ1) is 17.2. The Balaban J connectivity index is 2.09. The summed E-state index contributed by atoms with van der Waals surface area (Å²) in [5, 5.41) is 11.8. The molecule has 0 bridgehead atoms. The predicted octanol–water partition coefficient (Wildman–Crippen LogP) is 1.47. The van der Waals surface area contributed by atoms with Gasteiger partial charge in [-0.05, 0) is 43.9 Å². The summed E-state index contributed by atoms with van der Waals surface area (Å²) in [4.78, 5) is 23.3. The molecule has 2 heterocycles. The lowest BCUT2D eigenvalue weighted by Gasteiger charge is -2.39. The lowest BCUT2D eigenvalue weighted by Crippen LogP contribution is -2.60. The second kappa shape index (κ2) is 6.02. The van der Waals surface area contributed by atoms with Gasteiger partial charge in [-0.15, -0.1) is 0 Å². The summed E-state index contributed by atoms with van der Waals surface area (Å²) >= 11 is 6.03. The summed E-state index contributed by atoms with van der Waals surface area (Å²) in [5.74, 6) is -1.53. The standard InChI is InChI=1S/C15H17ClN2O5S/c16-11-4-3-10(13(19)20)9-12(11)24(22,23)18-8-2-6-15(18)5-1-7-17-14(15)21/h3-4,9H,1-2,5-8H2,(H,17,21)(H,19,20). The Kier molecular flexibility index (Phi) is 4.31. The zero-order chi connectivity index (χ0) is 17.5. The van der Waals surface area contributed by atoms with E-state index < -0.39 is 21.5 Å². The number of rotatable bonds is 3. The fourth-order valence-corrected chi connectivity index (χ4v) is 5.83. The molecule has 2 N–H and O–H groups in total. The van der Waals surface area contributed by atoms with Crippen LogP contribution in [0.4, 0.5) is 0 Å². The van der Waals surface area contributed by atoms with Gasteiger partial charge < -0.3 is 10.4 Å². The summed E-state index contributed by atoms with van der Waals surface area (Å²) in [7, 11) is -4.09. The van der Waals surface area contributed by atoms with Gasteiger partial charge in [0.05, 0.1) is 10.6 Å². The van der Waals surface area contributed by atoms with Crippen molar-refractivity contribution in [1.82, 2.24) is 9.62 Å². The van der Waals surface area contributed by atoms with Crippen LogP contribution >= 0.6 is 11.6 Å². The Morgan fingerprint density at radius 2 is 2.00 bits per heavy atom. The number of sulfonamides is 1. The molecule has 1 aromatic rings. The van der Waals surface area contributed by atoms with Crippen LogP contribution in [0, 0.1) is 0 Å². The van der Waals surface area contributed by atoms with Gasteiger partial charge in [0, 0.05) is 13.1 Å². The molecular weight excluding hydrogens is 356 g/mol. The molecule has 2 saturated heterocycles. The monoisotopic (exact) mass is 372 g/mol. The normalized spacial score (nSPS) is 25.0. The number of nitrogens with zero attached hydrogens (tertiary/aromatic N) is 1. The van der Waals surface area contributed by atoms with Crippen molar-refractivity contribution in [3.8, 4) is 0 Å². The average molecular weight is 373 g/mol. The van der Waals surface area contributed by atoms with Gasteiger partial charge in [0.25, 0.3) is 0 Å². The lowest BCUT2D eigenvalue weighted by atomic mass is 9.88. The molecule has 2 aliphatic heterocycles. The minimum atomic E-state index is -4.09. The molecule has 0 saturated carbocycles. The fraction of sp³-hybridized carbons (Fsp3) is 0.467. The molecule has 9 heteroatoms. The number of benzene rings is 1. The van der Waals surface area contributed by atoms with Gasteiger partial charge in [0.15, 0.2) is 0 Å². The lowest BCUT2D eigenvalue weighted by molar-refractivity contribution is -0.131. The minimum Gasteiger partial charge on any atom is -0.478 e. The summed E-state index contributed by atoms with van der Waals surface area (Å²) in [6, 6.07) is 3.55. The third kappa shape index (κ3) is 2.58. The molecule has 24 heavy (non-hydrogen) atoms. The SMILES string of the molecule is O=C(O)c1ccc(Cl)c(S(=O)(=O)N2CCCC23CCCNC3=O)c1. The number of amides is 1. The predicted molar refractivity (Wildman–Crippen MR) is 86.5 cm³/mol. The number of halogens is 1. The fourth-order valence-electron chi connectivity index (χ4n) is 3.49. The van der Waals surface area contributed by atoms with E-state index in [1.54, 1.807) is 0 Å². The van der Waals surface area contributed by atoms with Crippen LogP contribution < -0.4 is 5.32 Å². The van der Waals surface area contributed by atoms with Crippen molar-refractivity contribution in [3.05, 3.63) is 28.8 Å². The van der Waals surface area contributed by atoms with Crippen molar-refractivity contribution >= 4 is 33.5 Å². The number of carbonyl (C=O) groups excluding carboxylic acids is 1. The minimum absolute atomic E-state index is 0.0572. The maximum Gasteiger partial charge on any atom is 0.335 e. The van der Waals surface area contributed by atoms with E-state index >= 15 is 0 Å². The number of piperidine rings is 1. The number of hydrogen-bond acceptors (Lipinski definition) is 4. The average Bonchev–Trinajstić information content (AvgIpc) is 2.96. The topological polar surface area (TPSA) is 104 Å². The van der Waals surface area contributed by atoms with Crippen LogP contribution in [0.3, 0.4) is 0 Å². The second-order valence-electron chi connectivity index (χ2n) is 6.02. The highest BCUT2D eigenvalue weighted by Crippen LogP contribution is 2.41. The van der Waals surface area contributed by atoms with E-state index in [0.29, 0.717) is 32.2 Å². The van der Waals surface area contributed by atoms with E-state index in [2.05, 4.69) is 5.32 Å². The molecule has 1 atom stereocenters. The van der Waals surface area contributed by atoms with Crippen LogP contribution in [-0.4, -0.2) is 48.3 Å². The van der Waals surface area contributed by atoms with Crippen LogP contribution in [0.2, 0.25) is 5.02 Å². The molecule has 1 aromatic carbocycles. The molecular formula is C15H17ClN2O5S. The van der Waals surface area contributed by atoms with Crippen molar-refractivity contribution < 1.29 is 23.1 Å². The van der Waals surface area contributed by atoms with Crippen LogP contribution in [0.1, 0.15) is 36.0 Å². The van der Waals surface area contributed by atoms with E-state index in [9.17, 15) is 18.0 Å². The molecule has 1 unspecified atom stereocenters. The maximum absolute atomic E-state index is 13.1. The van der Waals surface area contributed by atoms with Gasteiger partial charge in [-0.1, -0.05) is 11.6 Å². The molecule has 1 spiro atoms. The van der Waals surface area contributed by atoms with Crippen LogP contribution in [0.5, 0.6) is 0 Å². The molecule has 0 radical (unpaired) electrons. The highest BCUT2D eigenvalue weighted by Gasteiger charge is 2.53. The number of nitrogens with one attached hydrogen (secondary N) is 1. The number of carbonyl (C=O) groups is 2. The highest BCUT2D eigenvalue weighted by atomic mass is 35.5. The smallest absolute Gasteiger partial charge is 0.335 e. The van der Waals surface area contributed by atoms with Gasteiger partial charge in [-0.2, -0.15) is 4.31 Å². The van der Waals surface area contributed by atoms with Crippen molar-refractivity contribution in [1.29, 1.82) is 0 Å². The summed E-state index contributed by atoms with van der Waals surface area (Å²) in [6.07, 6.45) is 2.17. The van der Waals surface area contributed by atoms with E-state index in [1.165, 1.54) is 16.4 Å². The molecule has 0 aromatic heterocycles. The first-order chi connectivity index (χ1) is 11.3. The largest absolute Gasteiger partial charge is 0.478 e. The van der Waals surface area contributed by atoms with Gasteiger partial charge >= 0.3 is 5.97 Å². The van der Waals surface area contributed by atoms with E-state index in [1.807, 2.05) is 0 Å². The van der Waals surface area contributed by atoms with Crippen LogP contribution in [0.25, 0.3) is 0 Å². The van der Waals surface area contributed by atoms with Crippen LogP contribution in [-0.2, 0) is 14.8 Å². The van der Waals surface area contributed by atoms with Gasteiger partial charge in [-0.25, -0.2) is 13.2 Å². The van der Waals surface area contributed by atoms with Gasteiger partial charge in [0.1, 0.15) is 10.4 Å². The van der Waals surface area contributed by atoms with Crippen molar-refractivity contribution in [2.45, 2.75) is 36.1 Å². The highest BCUT2D eigenvalue weighted by molar-refractivity contribution is 7.89. The maximum atomic E-state index is 13.1. The van der Waals surface area contributed by atoms with E-state index in [4.69, 9.17) is 16.7 Å². The Bertz CT molecular complexity index is 810. The van der Waals surface area contributed by atoms with Crippen molar-refractivity contribution in [2.75, 3.05) is 13.1 Å². The second-order valence-corrected chi connectivity index (χ2v) is 8.26. The van der Waals surface area contributed by atoms with E-state index in [-0.39, 0.29) is 27.9 Å².